The number of H-pyrrole nitrogens is 1. The van der Waals surface area contributed by atoms with Crippen LogP contribution in [0.25, 0.3) is 10.9 Å². The van der Waals surface area contributed by atoms with Gasteiger partial charge in [-0.3, -0.25) is 4.79 Å². The number of aryl methyl sites for hydroxylation is 3. The van der Waals surface area contributed by atoms with E-state index in [0.29, 0.717) is 17.9 Å². The molecule has 38 heavy (non-hydrogen) atoms. The molecule has 1 aliphatic heterocycles. The molecule has 8 heteroatoms. The van der Waals surface area contributed by atoms with Crippen LogP contribution in [0.4, 0.5) is 10.1 Å². The molecule has 1 aliphatic rings. The number of nitrogens with zero attached hydrogens (tertiary/aromatic N) is 5. The average molecular weight is 509 g/mol. The highest BCUT2D eigenvalue weighted by molar-refractivity contribution is 5.83. The van der Waals surface area contributed by atoms with Crippen molar-refractivity contribution in [1.29, 1.82) is 0 Å². The number of aromatic nitrogens is 5. The second kappa shape index (κ2) is 9.52. The lowest BCUT2D eigenvalue weighted by atomic mass is 9.91. The van der Waals surface area contributed by atoms with E-state index in [9.17, 15) is 9.18 Å². The minimum absolute atomic E-state index is 0.0639. The first kappa shape index (κ1) is 24.0. The third-order valence-corrected chi connectivity index (χ3v) is 7.52. The monoisotopic (exact) mass is 508 g/mol. The van der Waals surface area contributed by atoms with Gasteiger partial charge in [0.25, 0.3) is 5.56 Å². The summed E-state index contributed by atoms with van der Waals surface area (Å²) in [5.41, 5.74) is 6.18. The summed E-state index contributed by atoms with van der Waals surface area (Å²) in [6, 6.07) is 20.4. The fourth-order valence-corrected chi connectivity index (χ4v) is 5.72. The SMILES string of the molecule is Cc1cc(C)c2cc([C@H](c3nnnn3Cc3ccccc3)N3c4ccc(F)cc4CC[C@@H]3C)c(=O)[nH]c2c1. The summed E-state index contributed by atoms with van der Waals surface area (Å²) in [7, 11) is 0. The molecule has 0 radical (unpaired) electrons. The van der Waals surface area contributed by atoms with Crippen LogP contribution in [0.5, 0.6) is 0 Å². The van der Waals surface area contributed by atoms with Crippen molar-refractivity contribution in [3.63, 3.8) is 0 Å². The van der Waals surface area contributed by atoms with Gasteiger partial charge in [-0.25, -0.2) is 9.07 Å². The van der Waals surface area contributed by atoms with E-state index in [0.717, 1.165) is 51.7 Å². The number of anilines is 1. The van der Waals surface area contributed by atoms with E-state index < -0.39 is 6.04 Å². The van der Waals surface area contributed by atoms with Crippen molar-refractivity contribution in [2.45, 2.75) is 52.2 Å². The molecule has 3 heterocycles. The maximum atomic E-state index is 14.2. The van der Waals surface area contributed by atoms with Crippen molar-refractivity contribution < 1.29 is 4.39 Å². The predicted octanol–water partition coefficient (Wildman–Crippen LogP) is 5.25. The first-order valence-electron chi connectivity index (χ1n) is 12.9. The highest BCUT2D eigenvalue weighted by Crippen LogP contribution is 2.40. The summed E-state index contributed by atoms with van der Waals surface area (Å²) in [4.78, 5) is 19.1. The third-order valence-electron chi connectivity index (χ3n) is 7.52. The van der Waals surface area contributed by atoms with Gasteiger partial charge in [0.05, 0.1) is 6.54 Å². The summed E-state index contributed by atoms with van der Waals surface area (Å²) in [6.45, 7) is 6.66. The maximum absolute atomic E-state index is 14.2. The molecule has 2 aromatic heterocycles. The van der Waals surface area contributed by atoms with Crippen LogP contribution in [-0.2, 0) is 13.0 Å². The van der Waals surface area contributed by atoms with Gasteiger partial charge in [0, 0.05) is 28.2 Å². The summed E-state index contributed by atoms with van der Waals surface area (Å²) in [6.07, 6.45) is 1.58. The molecule has 3 aromatic carbocycles. The number of hydrogen-bond donors (Lipinski definition) is 1. The minimum Gasteiger partial charge on any atom is -0.354 e. The molecule has 0 saturated carbocycles. The molecule has 0 unspecified atom stereocenters. The zero-order valence-electron chi connectivity index (χ0n) is 21.6. The average Bonchev–Trinajstić information content (AvgIpc) is 3.34. The molecular formula is C30H29FN6O. The Balaban J connectivity index is 1.59. The first-order valence-corrected chi connectivity index (χ1v) is 12.9. The first-order chi connectivity index (χ1) is 18.4. The highest BCUT2D eigenvalue weighted by Gasteiger charge is 2.36. The van der Waals surface area contributed by atoms with Gasteiger partial charge in [0.2, 0.25) is 0 Å². The van der Waals surface area contributed by atoms with E-state index in [4.69, 9.17) is 0 Å². The van der Waals surface area contributed by atoms with Gasteiger partial charge >= 0.3 is 0 Å². The molecule has 5 aromatic rings. The summed E-state index contributed by atoms with van der Waals surface area (Å²) in [5, 5.41) is 13.8. The van der Waals surface area contributed by atoms with Crippen molar-refractivity contribution in [3.8, 4) is 0 Å². The van der Waals surface area contributed by atoms with E-state index in [1.54, 1.807) is 10.7 Å². The predicted molar refractivity (Wildman–Crippen MR) is 146 cm³/mol. The van der Waals surface area contributed by atoms with Crippen LogP contribution >= 0.6 is 0 Å². The van der Waals surface area contributed by atoms with Crippen LogP contribution in [0.2, 0.25) is 0 Å². The number of fused-ring (bicyclic) bond motifs is 2. The Morgan fingerprint density at radius 3 is 2.71 bits per heavy atom. The Kier molecular flexibility index (Phi) is 6.02. The molecular weight excluding hydrogens is 479 g/mol. The van der Waals surface area contributed by atoms with Gasteiger partial charge in [-0.05, 0) is 96.6 Å². The molecule has 0 aliphatic carbocycles. The summed E-state index contributed by atoms with van der Waals surface area (Å²) < 4.78 is 16.0. The molecule has 0 fully saturated rings. The molecule has 6 rings (SSSR count). The maximum Gasteiger partial charge on any atom is 0.254 e. The van der Waals surface area contributed by atoms with Gasteiger partial charge in [-0.2, -0.15) is 0 Å². The number of pyridine rings is 1. The fraction of sp³-hybridized carbons (Fsp3) is 0.267. The van der Waals surface area contributed by atoms with Crippen LogP contribution in [0.15, 0.2) is 71.5 Å². The summed E-state index contributed by atoms with van der Waals surface area (Å²) >= 11 is 0. The zero-order chi connectivity index (χ0) is 26.4. The van der Waals surface area contributed by atoms with E-state index in [1.165, 1.54) is 6.07 Å². The number of aromatic amines is 1. The van der Waals surface area contributed by atoms with Crippen LogP contribution < -0.4 is 10.5 Å². The minimum atomic E-state index is -0.581. The Hall–Kier alpha value is -4.33. The lowest BCUT2D eigenvalue weighted by Gasteiger charge is -2.42. The van der Waals surface area contributed by atoms with Gasteiger partial charge in [0.15, 0.2) is 5.82 Å². The van der Waals surface area contributed by atoms with E-state index in [1.807, 2.05) is 62.4 Å². The Bertz CT molecular complexity index is 1690. The molecule has 0 saturated heterocycles. The molecule has 0 spiro atoms. The van der Waals surface area contributed by atoms with E-state index in [-0.39, 0.29) is 17.4 Å². The Morgan fingerprint density at radius 1 is 1.08 bits per heavy atom. The van der Waals surface area contributed by atoms with Crippen LogP contribution in [0.1, 0.15) is 53.0 Å². The molecule has 2 atom stereocenters. The quantitative estimate of drug-likeness (QED) is 0.351. The largest absolute Gasteiger partial charge is 0.354 e. The second-order valence-electron chi connectivity index (χ2n) is 10.2. The lowest BCUT2D eigenvalue weighted by molar-refractivity contribution is 0.491. The number of benzene rings is 3. The second-order valence-corrected chi connectivity index (χ2v) is 10.2. The van der Waals surface area contributed by atoms with E-state index in [2.05, 4.69) is 38.4 Å². The van der Waals surface area contributed by atoms with Crippen LogP contribution in [-0.4, -0.2) is 31.2 Å². The van der Waals surface area contributed by atoms with Gasteiger partial charge < -0.3 is 9.88 Å². The van der Waals surface area contributed by atoms with Crippen LogP contribution in [0, 0.1) is 19.7 Å². The number of halogens is 1. The van der Waals surface area contributed by atoms with Crippen molar-refractivity contribution in [2.75, 3.05) is 4.90 Å². The summed E-state index contributed by atoms with van der Waals surface area (Å²) in [5.74, 6) is 0.297. The number of tetrazole rings is 1. The number of nitrogens with one attached hydrogen (secondary N) is 1. The smallest absolute Gasteiger partial charge is 0.254 e. The molecule has 1 N–H and O–H groups in total. The van der Waals surface area contributed by atoms with Gasteiger partial charge in [-0.1, -0.05) is 36.4 Å². The lowest BCUT2D eigenvalue weighted by Crippen LogP contribution is -2.43. The number of rotatable bonds is 5. The van der Waals surface area contributed by atoms with Crippen molar-refractivity contribution in [2.24, 2.45) is 0 Å². The zero-order valence-corrected chi connectivity index (χ0v) is 21.6. The number of hydrogen-bond acceptors (Lipinski definition) is 5. The fourth-order valence-electron chi connectivity index (χ4n) is 5.72. The van der Waals surface area contributed by atoms with Gasteiger partial charge in [-0.15, -0.1) is 5.10 Å². The molecule has 0 bridgehead atoms. The third kappa shape index (κ3) is 4.26. The van der Waals surface area contributed by atoms with Crippen molar-refractivity contribution >= 4 is 16.6 Å². The molecule has 7 nitrogen and oxygen atoms in total. The van der Waals surface area contributed by atoms with Crippen LogP contribution in [0.3, 0.4) is 0 Å². The Morgan fingerprint density at radius 2 is 1.89 bits per heavy atom. The van der Waals surface area contributed by atoms with Crippen molar-refractivity contribution in [3.05, 3.63) is 117 Å². The standard InChI is InChI=1S/C30H29FN6O/c1-18-13-19(2)24-16-25(30(38)32-26(24)14-18)28(29-33-34-35-36(29)17-21-7-5-4-6-8-21)37-20(3)9-10-22-15-23(31)11-12-27(22)37/h4-8,11-16,20,28H,9-10,17H2,1-3H3,(H,32,38)/t20-,28+/m0/s1. The Labute approximate surface area is 219 Å². The topological polar surface area (TPSA) is 79.7 Å². The normalized spacial score (nSPS) is 16.0. The van der Waals surface area contributed by atoms with E-state index >= 15 is 0 Å². The van der Waals surface area contributed by atoms with Gasteiger partial charge in [0.1, 0.15) is 11.9 Å². The molecule has 0 amide bonds. The van der Waals surface area contributed by atoms with Crippen molar-refractivity contribution in [1.82, 2.24) is 25.2 Å². The highest BCUT2D eigenvalue weighted by atomic mass is 19.1. The molecule has 192 valence electrons.